The molecule has 55 heavy (non-hydrogen) atoms. The van der Waals surface area contributed by atoms with E-state index in [0.717, 1.165) is 17.8 Å². The fourth-order valence-corrected chi connectivity index (χ4v) is 8.16. The molecule has 0 atom stereocenters. The van der Waals surface area contributed by atoms with E-state index in [9.17, 15) is 0 Å². The highest BCUT2D eigenvalue weighted by Crippen LogP contribution is 2.48. The van der Waals surface area contributed by atoms with E-state index < -0.39 is 0 Å². The van der Waals surface area contributed by atoms with Crippen molar-refractivity contribution in [1.29, 1.82) is 0 Å². The maximum Gasteiger partial charge on any atom is 0.0546 e. The molecule has 8 aromatic rings. The van der Waals surface area contributed by atoms with E-state index in [1.54, 1.807) is 0 Å². The molecule has 2 nitrogen and oxygen atoms in total. The minimum absolute atomic E-state index is 1.08. The topological polar surface area (TPSA) is 6.48 Å². The Labute approximate surface area is 327 Å². The Hall–Kier alpha value is -5.86. The van der Waals surface area contributed by atoms with E-state index in [2.05, 4.69) is 199 Å². The lowest BCUT2D eigenvalue weighted by atomic mass is 9.93. The quantitative estimate of drug-likeness (QED) is 0.137. The fraction of sp³-hybridized carbons (Fsp3) is 0.208. The number of fused-ring (bicyclic) bond motifs is 5. The van der Waals surface area contributed by atoms with Crippen molar-refractivity contribution in [2.75, 3.05) is 9.80 Å². The van der Waals surface area contributed by atoms with E-state index in [4.69, 9.17) is 0 Å². The van der Waals surface area contributed by atoms with Crippen molar-refractivity contribution in [1.82, 2.24) is 0 Å². The molecule has 0 amide bonds. The molecule has 0 heterocycles. The molecule has 0 spiro atoms. The van der Waals surface area contributed by atoms with Crippen molar-refractivity contribution in [2.45, 2.75) is 74.7 Å². The summed E-state index contributed by atoms with van der Waals surface area (Å²) in [4.78, 5) is 4.97. The summed E-state index contributed by atoms with van der Waals surface area (Å²) < 4.78 is 0. The van der Waals surface area contributed by atoms with Crippen LogP contribution in [0.3, 0.4) is 0 Å². The van der Waals surface area contributed by atoms with Gasteiger partial charge < -0.3 is 9.80 Å². The van der Waals surface area contributed by atoms with Gasteiger partial charge in [0, 0.05) is 33.5 Å². The van der Waals surface area contributed by atoms with Gasteiger partial charge in [-0.15, -0.1) is 0 Å². The number of aryl methyl sites for hydroxylation is 8. The molecule has 0 saturated carbocycles. The van der Waals surface area contributed by atoms with Crippen LogP contribution in [0.5, 0.6) is 0 Å². The molecule has 0 N–H and O–H groups in total. The third-order valence-corrected chi connectivity index (χ3v) is 12.0. The van der Waals surface area contributed by atoms with Gasteiger partial charge in [-0.05, 0) is 188 Å². The van der Waals surface area contributed by atoms with Gasteiger partial charge >= 0.3 is 0 Å². The zero-order valence-electron chi connectivity index (χ0n) is 33.7. The minimum atomic E-state index is 1.08. The van der Waals surface area contributed by atoms with Crippen LogP contribution in [0, 0.1) is 48.5 Å². The molecule has 0 aliphatic carbocycles. The maximum atomic E-state index is 2.50. The molecule has 8 rings (SSSR count). The summed E-state index contributed by atoms with van der Waals surface area (Å²) in [5.74, 6) is 0. The van der Waals surface area contributed by atoms with Gasteiger partial charge in [0.25, 0.3) is 0 Å². The highest BCUT2D eigenvalue weighted by atomic mass is 15.2. The Morgan fingerprint density at radius 3 is 1.09 bits per heavy atom. The predicted octanol–water partition coefficient (Wildman–Crippen LogP) is 15.6. The number of anilines is 6. The van der Waals surface area contributed by atoms with Gasteiger partial charge in [0.1, 0.15) is 0 Å². The van der Waals surface area contributed by atoms with Gasteiger partial charge in [-0.1, -0.05) is 86.1 Å². The van der Waals surface area contributed by atoms with Crippen LogP contribution in [0.4, 0.5) is 34.1 Å². The molecule has 0 saturated heterocycles. The normalized spacial score (nSPS) is 11.5. The largest absolute Gasteiger partial charge is 0.310 e. The molecule has 8 aromatic carbocycles. The van der Waals surface area contributed by atoms with Crippen molar-refractivity contribution >= 4 is 66.4 Å². The first-order valence-corrected chi connectivity index (χ1v) is 19.9. The first kappa shape index (κ1) is 36.1. The van der Waals surface area contributed by atoms with Crippen LogP contribution < -0.4 is 9.80 Å². The lowest BCUT2D eigenvalue weighted by Gasteiger charge is -2.30. The molecule has 0 aliphatic heterocycles. The number of nitrogens with zero attached hydrogens (tertiary/aromatic N) is 2. The number of benzene rings is 8. The van der Waals surface area contributed by atoms with E-state index >= 15 is 0 Å². The molecule has 0 fully saturated rings. The molecular weight excluding hydrogens is 665 g/mol. The van der Waals surface area contributed by atoms with Gasteiger partial charge in [0.2, 0.25) is 0 Å². The second kappa shape index (κ2) is 14.8. The second-order valence-corrected chi connectivity index (χ2v) is 15.7. The van der Waals surface area contributed by atoms with Crippen LogP contribution in [0.25, 0.3) is 32.3 Å². The predicted molar refractivity (Wildman–Crippen MR) is 240 cm³/mol. The zero-order valence-corrected chi connectivity index (χ0v) is 33.7. The average molecular weight is 717 g/mol. The molecule has 0 aromatic heterocycles. The zero-order chi connectivity index (χ0) is 38.4. The number of hydrogen-bond donors (Lipinski definition) is 0. The Morgan fingerprint density at radius 1 is 0.345 bits per heavy atom. The van der Waals surface area contributed by atoms with Crippen molar-refractivity contribution in [3.63, 3.8) is 0 Å². The molecule has 274 valence electrons. The van der Waals surface area contributed by atoms with Crippen molar-refractivity contribution < 1.29 is 0 Å². The first-order valence-electron chi connectivity index (χ1n) is 19.9. The Kier molecular flexibility index (Phi) is 9.70. The summed E-state index contributed by atoms with van der Waals surface area (Å²) in [5.41, 5.74) is 17.6. The van der Waals surface area contributed by atoms with E-state index in [1.165, 1.54) is 112 Å². The van der Waals surface area contributed by atoms with Gasteiger partial charge in [-0.2, -0.15) is 0 Å². The second-order valence-electron chi connectivity index (χ2n) is 15.7. The number of rotatable bonds is 9. The molecular formula is C53H52N2. The fourth-order valence-electron chi connectivity index (χ4n) is 8.16. The van der Waals surface area contributed by atoms with Crippen LogP contribution in [0.2, 0.25) is 0 Å². The molecule has 2 heteroatoms. The Bertz CT molecular complexity index is 2680. The third-order valence-electron chi connectivity index (χ3n) is 12.0. The van der Waals surface area contributed by atoms with Gasteiger partial charge in [-0.25, -0.2) is 0 Å². The number of unbranched alkanes of at least 4 members (excludes halogenated alkanes) is 1. The van der Waals surface area contributed by atoms with Gasteiger partial charge in [-0.3, -0.25) is 0 Å². The minimum Gasteiger partial charge on any atom is -0.310 e. The Balaban J connectivity index is 1.45. The third kappa shape index (κ3) is 6.65. The summed E-state index contributed by atoms with van der Waals surface area (Å²) in [5, 5.41) is 7.44. The molecule has 0 radical (unpaired) electrons. The lowest BCUT2D eigenvalue weighted by molar-refractivity contribution is 0.791. The maximum absolute atomic E-state index is 2.50. The molecule has 0 aliphatic rings. The van der Waals surface area contributed by atoms with E-state index in [-0.39, 0.29) is 0 Å². The van der Waals surface area contributed by atoms with E-state index in [1.807, 2.05) is 0 Å². The van der Waals surface area contributed by atoms with Gasteiger partial charge in [0.05, 0.1) is 11.4 Å². The van der Waals surface area contributed by atoms with Crippen molar-refractivity contribution in [3.05, 3.63) is 178 Å². The molecule has 0 unspecified atom stereocenters. The van der Waals surface area contributed by atoms with E-state index in [0.29, 0.717) is 0 Å². The van der Waals surface area contributed by atoms with Crippen LogP contribution in [0.15, 0.2) is 133 Å². The summed E-state index contributed by atoms with van der Waals surface area (Å²) >= 11 is 0. The molecule has 0 bridgehead atoms. The van der Waals surface area contributed by atoms with Crippen LogP contribution in [0.1, 0.15) is 64.3 Å². The summed E-state index contributed by atoms with van der Waals surface area (Å²) in [6.45, 7) is 17.8. The SMILES string of the molecule is CCCCc1cc(N(c2ccc(C)c(C)c2)c2cc3c4ccccc4c(N(c4ccc(C)c(C)c4)c4ccc(C)c(C)c4)cc3c3ccccc23)ccc1C. The average Bonchev–Trinajstić information content (AvgIpc) is 3.19. The van der Waals surface area contributed by atoms with Crippen LogP contribution in [-0.2, 0) is 6.42 Å². The Morgan fingerprint density at radius 2 is 0.709 bits per heavy atom. The van der Waals surface area contributed by atoms with Crippen LogP contribution in [-0.4, -0.2) is 0 Å². The van der Waals surface area contributed by atoms with Crippen molar-refractivity contribution in [3.8, 4) is 0 Å². The monoisotopic (exact) mass is 716 g/mol. The standard InChI is InChI=1S/C53H52N2/c1-9-10-15-41-31-45(27-23-37(41)5)55(44-26-22-36(4)40(8)30-44)53-33-51-46-16-11-13-18-48(46)52(32-50(51)47-17-12-14-19-49(47)53)54(42-24-20-34(2)38(6)28-42)43-25-21-35(3)39(7)29-43/h11-14,16-33H,9-10,15H2,1-8H3. The van der Waals surface area contributed by atoms with Crippen LogP contribution >= 0.6 is 0 Å². The first-order chi connectivity index (χ1) is 26.6. The van der Waals surface area contributed by atoms with Gasteiger partial charge in [0.15, 0.2) is 0 Å². The van der Waals surface area contributed by atoms with Crippen molar-refractivity contribution in [2.24, 2.45) is 0 Å². The highest BCUT2D eigenvalue weighted by molar-refractivity contribution is 6.24. The highest BCUT2D eigenvalue weighted by Gasteiger charge is 2.23. The summed E-state index contributed by atoms with van der Waals surface area (Å²) in [7, 11) is 0. The number of hydrogen-bond acceptors (Lipinski definition) is 2. The lowest BCUT2D eigenvalue weighted by Crippen LogP contribution is -2.13. The summed E-state index contributed by atoms with van der Waals surface area (Å²) in [6, 6.07) is 50.6. The smallest absolute Gasteiger partial charge is 0.0546 e. The summed E-state index contributed by atoms with van der Waals surface area (Å²) in [6.07, 6.45) is 3.45.